The molecule has 1 fully saturated rings. The van der Waals surface area contributed by atoms with Gasteiger partial charge in [0.2, 0.25) is 0 Å². The van der Waals surface area contributed by atoms with Crippen molar-refractivity contribution >= 4 is 23.4 Å². The summed E-state index contributed by atoms with van der Waals surface area (Å²) >= 11 is 1.56. The molecule has 0 saturated carbocycles. The summed E-state index contributed by atoms with van der Waals surface area (Å²) < 4.78 is 0. The fourth-order valence-corrected chi connectivity index (χ4v) is 3.18. The Morgan fingerprint density at radius 1 is 1.26 bits per heavy atom. The summed E-state index contributed by atoms with van der Waals surface area (Å²) in [5, 5.41) is 7.27. The van der Waals surface area contributed by atoms with E-state index in [-0.39, 0.29) is 5.91 Å². The molecule has 1 unspecified atom stereocenters. The van der Waals surface area contributed by atoms with Crippen molar-refractivity contribution in [1.82, 2.24) is 10.3 Å². The Hall–Kier alpha value is -1.85. The number of pyridine rings is 1. The number of anilines is 1. The molecule has 2 aromatic rings. The van der Waals surface area contributed by atoms with Crippen molar-refractivity contribution in [3.8, 4) is 0 Å². The lowest BCUT2D eigenvalue weighted by Crippen LogP contribution is -2.28. The summed E-state index contributed by atoms with van der Waals surface area (Å²) in [6.07, 6.45) is 6.03. The third-order valence-electron chi connectivity index (χ3n) is 4.14. The second-order valence-electron chi connectivity index (χ2n) is 5.71. The number of nitrogens with zero attached hydrogens (tertiary/aromatic N) is 1. The van der Waals surface area contributed by atoms with Crippen LogP contribution in [0.25, 0.3) is 0 Å². The zero-order valence-corrected chi connectivity index (χ0v) is 14.0. The largest absolute Gasteiger partial charge is 0.322 e. The van der Waals surface area contributed by atoms with Gasteiger partial charge >= 0.3 is 0 Å². The van der Waals surface area contributed by atoms with E-state index in [1.54, 1.807) is 24.0 Å². The Labute approximate surface area is 141 Å². The first-order valence-electron chi connectivity index (χ1n) is 7.88. The highest BCUT2D eigenvalue weighted by molar-refractivity contribution is 7.98. The van der Waals surface area contributed by atoms with Crippen LogP contribution in [0.3, 0.4) is 0 Å². The van der Waals surface area contributed by atoms with Gasteiger partial charge in [0.1, 0.15) is 0 Å². The first kappa shape index (κ1) is 16.0. The molecule has 4 nitrogen and oxygen atoms in total. The molecule has 1 amide bonds. The van der Waals surface area contributed by atoms with E-state index in [9.17, 15) is 4.79 Å². The third-order valence-corrected chi connectivity index (χ3v) is 4.80. The lowest BCUT2D eigenvalue weighted by atomic mass is 9.92. The molecular formula is C18H21N3OS. The van der Waals surface area contributed by atoms with Gasteiger partial charge < -0.3 is 10.6 Å². The SMILES string of the molecule is CSc1ccc(C(=O)Nc2ccc(C3CCCNC3)cc2)cn1. The summed E-state index contributed by atoms with van der Waals surface area (Å²) in [7, 11) is 0. The molecule has 2 heterocycles. The van der Waals surface area contributed by atoms with Gasteiger partial charge in [-0.05, 0) is 61.4 Å². The van der Waals surface area contributed by atoms with Crippen LogP contribution in [0, 0.1) is 0 Å². The molecule has 120 valence electrons. The Morgan fingerprint density at radius 3 is 2.70 bits per heavy atom. The van der Waals surface area contributed by atoms with Crippen LogP contribution in [-0.4, -0.2) is 30.2 Å². The number of nitrogens with one attached hydrogen (secondary N) is 2. The molecule has 0 spiro atoms. The summed E-state index contributed by atoms with van der Waals surface area (Å²) in [5.41, 5.74) is 2.72. The first-order chi connectivity index (χ1) is 11.3. The molecule has 0 aliphatic carbocycles. The molecule has 2 N–H and O–H groups in total. The zero-order chi connectivity index (χ0) is 16.1. The van der Waals surface area contributed by atoms with Crippen LogP contribution in [-0.2, 0) is 0 Å². The van der Waals surface area contributed by atoms with E-state index < -0.39 is 0 Å². The number of amides is 1. The minimum absolute atomic E-state index is 0.128. The van der Waals surface area contributed by atoms with Crippen molar-refractivity contribution in [1.29, 1.82) is 0 Å². The standard InChI is InChI=1S/C18H21N3OS/c1-23-17-9-6-15(12-20-17)18(22)21-16-7-4-13(5-8-16)14-3-2-10-19-11-14/h4-9,12,14,19H,2-3,10-11H2,1H3,(H,21,22). The van der Waals surface area contributed by atoms with E-state index in [1.165, 1.54) is 18.4 Å². The highest BCUT2D eigenvalue weighted by Crippen LogP contribution is 2.24. The van der Waals surface area contributed by atoms with Crippen LogP contribution in [0.1, 0.15) is 34.7 Å². The summed E-state index contributed by atoms with van der Waals surface area (Å²) in [6, 6.07) is 11.8. The lowest BCUT2D eigenvalue weighted by molar-refractivity contribution is 0.102. The van der Waals surface area contributed by atoms with Crippen LogP contribution in [0.2, 0.25) is 0 Å². The second kappa shape index (κ2) is 7.62. The fourth-order valence-electron chi connectivity index (χ4n) is 2.81. The topological polar surface area (TPSA) is 54.0 Å². The number of carbonyl (C=O) groups is 1. The van der Waals surface area contributed by atoms with Crippen molar-refractivity contribution in [3.63, 3.8) is 0 Å². The minimum atomic E-state index is -0.128. The Kier molecular flexibility index (Phi) is 5.31. The van der Waals surface area contributed by atoms with Gasteiger partial charge in [-0.3, -0.25) is 4.79 Å². The summed E-state index contributed by atoms with van der Waals surface area (Å²) in [6.45, 7) is 2.16. The lowest BCUT2D eigenvalue weighted by Gasteiger charge is -2.23. The van der Waals surface area contributed by atoms with Gasteiger partial charge in [-0.25, -0.2) is 4.98 Å². The van der Waals surface area contributed by atoms with Gasteiger partial charge in [0.05, 0.1) is 10.6 Å². The van der Waals surface area contributed by atoms with Gasteiger partial charge in [-0.15, -0.1) is 11.8 Å². The Bertz CT molecular complexity index is 649. The molecule has 1 atom stereocenters. The predicted molar refractivity (Wildman–Crippen MR) is 95.3 cm³/mol. The molecule has 5 heteroatoms. The van der Waals surface area contributed by atoms with Crippen molar-refractivity contribution in [2.24, 2.45) is 0 Å². The number of thioether (sulfide) groups is 1. The predicted octanol–water partition coefficient (Wildman–Crippen LogP) is 3.52. The highest BCUT2D eigenvalue weighted by Gasteiger charge is 2.15. The maximum Gasteiger partial charge on any atom is 0.257 e. The Balaban J connectivity index is 1.63. The van der Waals surface area contributed by atoms with E-state index in [2.05, 4.69) is 27.8 Å². The van der Waals surface area contributed by atoms with E-state index >= 15 is 0 Å². The first-order valence-corrected chi connectivity index (χ1v) is 9.11. The molecule has 0 bridgehead atoms. The molecule has 1 aromatic heterocycles. The normalized spacial score (nSPS) is 17.7. The average molecular weight is 327 g/mol. The van der Waals surface area contributed by atoms with Crippen molar-refractivity contribution in [2.45, 2.75) is 23.8 Å². The molecule has 1 aliphatic heterocycles. The average Bonchev–Trinajstić information content (AvgIpc) is 2.63. The quantitative estimate of drug-likeness (QED) is 0.844. The number of piperidine rings is 1. The molecule has 0 radical (unpaired) electrons. The number of hydrogen-bond donors (Lipinski definition) is 2. The maximum absolute atomic E-state index is 12.2. The van der Waals surface area contributed by atoms with Crippen molar-refractivity contribution in [2.75, 3.05) is 24.7 Å². The monoisotopic (exact) mass is 327 g/mol. The minimum Gasteiger partial charge on any atom is -0.322 e. The van der Waals surface area contributed by atoms with Crippen LogP contribution in [0.5, 0.6) is 0 Å². The second-order valence-corrected chi connectivity index (χ2v) is 6.54. The van der Waals surface area contributed by atoms with E-state index in [1.807, 2.05) is 24.5 Å². The summed E-state index contributed by atoms with van der Waals surface area (Å²) in [5.74, 6) is 0.453. The van der Waals surface area contributed by atoms with E-state index in [0.29, 0.717) is 11.5 Å². The fraction of sp³-hybridized carbons (Fsp3) is 0.333. The molecule has 1 aromatic carbocycles. The number of benzene rings is 1. The van der Waals surface area contributed by atoms with Gasteiger partial charge in [0.25, 0.3) is 5.91 Å². The van der Waals surface area contributed by atoms with Crippen LogP contribution in [0.15, 0.2) is 47.6 Å². The van der Waals surface area contributed by atoms with Gasteiger partial charge in [-0.2, -0.15) is 0 Å². The van der Waals surface area contributed by atoms with Gasteiger partial charge in [0.15, 0.2) is 0 Å². The third kappa shape index (κ3) is 4.12. The van der Waals surface area contributed by atoms with Gasteiger partial charge in [0, 0.05) is 18.4 Å². The summed E-state index contributed by atoms with van der Waals surface area (Å²) in [4.78, 5) is 16.5. The molecule has 23 heavy (non-hydrogen) atoms. The number of hydrogen-bond acceptors (Lipinski definition) is 4. The van der Waals surface area contributed by atoms with Crippen LogP contribution >= 0.6 is 11.8 Å². The van der Waals surface area contributed by atoms with Crippen LogP contribution in [0.4, 0.5) is 5.69 Å². The smallest absolute Gasteiger partial charge is 0.257 e. The van der Waals surface area contributed by atoms with E-state index in [4.69, 9.17) is 0 Å². The number of aromatic nitrogens is 1. The molecular weight excluding hydrogens is 306 g/mol. The molecule has 3 rings (SSSR count). The molecule has 1 aliphatic rings. The number of carbonyl (C=O) groups excluding carboxylic acids is 1. The Morgan fingerprint density at radius 2 is 2.09 bits per heavy atom. The van der Waals surface area contributed by atoms with Gasteiger partial charge in [-0.1, -0.05) is 12.1 Å². The molecule has 1 saturated heterocycles. The highest BCUT2D eigenvalue weighted by atomic mass is 32.2. The van der Waals surface area contributed by atoms with Crippen LogP contribution < -0.4 is 10.6 Å². The number of rotatable bonds is 4. The zero-order valence-electron chi connectivity index (χ0n) is 13.2. The van der Waals surface area contributed by atoms with E-state index in [0.717, 1.165) is 23.8 Å². The van der Waals surface area contributed by atoms with Crippen molar-refractivity contribution in [3.05, 3.63) is 53.7 Å². The maximum atomic E-state index is 12.2. The van der Waals surface area contributed by atoms with Crippen molar-refractivity contribution < 1.29 is 4.79 Å².